The summed E-state index contributed by atoms with van der Waals surface area (Å²) in [6, 6.07) is 24.7. The van der Waals surface area contributed by atoms with Crippen LogP contribution in [-0.2, 0) is 0 Å². The maximum absolute atomic E-state index is 13.4. The van der Waals surface area contributed by atoms with Gasteiger partial charge in [-0.1, -0.05) is 48.5 Å². The topological polar surface area (TPSA) is 128 Å². The minimum absolute atomic E-state index is 0.0449. The van der Waals surface area contributed by atoms with Crippen molar-refractivity contribution in [3.05, 3.63) is 95.3 Å². The molecule has 6 aromatic rings. The molecule has 0 aliphatic carbocycles. The van der Waals surface area contributed by atoms with E-state index in [0.717, 1.165) is 33.7 Å². The molecule has 0 atom stereocenters. The number of carbonyl (C=O) groups excluding carboxylic acids is 1. The fraction of sp³-hybridized carbons (Fsp3) is 0.0968. The molecule has 42 heavy (non-hydrogen) atoms. The second-order valence-electron chi connectivity index (χ2n) is 9.10. The number of methoxy groups -OCH3 is 3. The monoisotopic (exact) mass is 579 g/mol. The summed E-state index contributed by atoms with van der Waals surface area (Å²) in [4.78, 5) is 19.1. The van der Waals surface area contributed by atoms with Gasteiger partial charge in [0.2, 0.25) is 22.9 Å². The molecule has 0 bridgehead atoms. The Hall–Kier alpha value is -5.42. The smallest absolute Gasteiger partial charge is 0.241 e. The SMILES string of the molecule is COc1cc(-c2cc(-c3ccccc3)nc3sc(C(=O)[N-]c4c[n+](-c5ccccc5)no4)c(N)c23)cc(OC)c1OC. The molecule has 3 aromatic carbocycles. The molecule has 0 unspecified atom stereocenters. The minimum Gasteiger partial charge on any atom is -0.583 e. The highest BCUT2D eigenvalue weighted by Crippen LogP contribution is 2.46. The first kappa shape index (κ1) is 26.8. The van der Waals surface area contributed by atoms with Gasteiger partial charge in [-0.25, -0.2) is 4.98 Å². The van der Waals surface area contributed by atoms with Crippen LogP contribution in [0, 0.1) is 0 Å². The average Bonchev–Trinajstić information content (AvgIpc) is 3.64. The number of nitrogens with zero attached hydrogens (tertiary/aromatic N) is 4. The minimum atomic E-state index is -0.566. The van der Waals surface area contributed by atoms with Gasteiger partial charge < -0.3 is 34.6 Å². The van der Waals surface area contributed by atoms with Crippen molar-refractivity contribution in [1.82, 2.24) is 10.3 Å². The van der Waals surface area contributed by atoms with Crippen molar-refractivity contribution in [1.29, 1.82) is 0 Å². The van der Waals surface area contributed by atoms with Crippen molar-refractivity contribution in [3.8, 4) is 45.3 Å². The number of carbonyl (C=O) groups is 1. The van der Waals surface area contributed by atoms with Crippen molar-refractivity contribution in [3.63, 3.8) is 0 Å². The molecule has 0 saturated heterocycles. The van der Waals surface area contributed by atoms with Crippen LogP contribution in [0.4, 0.5) is 11.6 Å². The standard InChI is InChI=1S/C31H25N5O5S/c1-38-23-14-19(15-24(39-2)28(23)40-3)21-16-22(18-10-6-4-7-11-18)33-31-26(21)27(32)29(42-31)30(37)34-25-17-36(35-41-25)20-12-8-5-9-13-20/h4-17H,1-3H3,(H2-,32,34,35,37). The summed E-state index contributed by atoms with van der Waals surface area (Å²) in [7, 11) is 4.66. The summed E-state index contributed by atoms with van der Waals surface area (Å²) in [6.45, 7) is 0. The van der Waals surface area contributed by atoms with Gasteiger partial charge in [0.15, 0.2) is 11.5 Å². The number of para-hydroxylation sites is 1. The lowest BCUT2D eigenvalue weighted by atomic mass is 9.98. The molecular formula is C31H25N5O5S. The number of amides is 1. The van der Waals surface area contributed by atoms with Crippen LogP contribution in [0.1, 0.15) is 9.67 Å². The Bertz CT molecular complexity index is 1880. The summed E-state index contributed by atoms with van der Waals surface area (Å²) in [6.07, 6.45) is 1.53. The lowest BCUT2D eigenvalue weighted by molar-refractivity contribution is -0.670. The maximum Gasteiger partial charge on any atom is 0.241 e. The van der Waals surface area contributed by atoms with E-state index in [9.17, 15) is 4.79 Å². The number of rotatable bonds is 8. The Morgan fingerprint density at radius 3 is 2.21 bits per heavy atom. The van der Waals surface area contributed by atoms with Crippen molar-refractivity contribution < 1.29 is 28.2 Å². The zero-order chi connectivity index (χ0) is 29.2. The number of hydrogen-bond donors (Lipinski definition) is 1. The molecule has 3 heterocycles. The van der Waals surface area contributed by atoms with Crippen LogP contribution >= 0.6 is 11.3 Å². The van der Waals surface area contributed by atoms with Crippen LogP contribution in [0.25, 0.3) is 43.6 Å². The summed E-state index contributed by atoms with van der Waals surface area (Å²) < 4.78 is 23.5. The van der Waals surface area contributed by atoms with E-state index in [0.29, 0.717) is 33.2 Å². The number of pyridine rings is 1. The van der Waals surface area contributed by atoms with Crippen LogP contribution in [0.15, 0.2) is 89.6 Å². The van der Waals surface area contributed by atoms with Gasteiger partial charge in [-0.15, -0.1) is 11.3 Å². The Kier molecular flexibility index (Phi) is 7.16. The number of anilines is 1. The predicted octanol–water partition coefficient (Wildman–Crippen LogP) is 6.35. The van der Waals surface area contributed by atoms with Crippen LogP contribution in [0.5, 0.6) is 17.2 Å². The van der Waals surface area contributed by atoms with Gasteiger partial charge in [-0.05, 0) is 34.0 Å². The van der Waals surface area contributed by atoms with Crippen LogP contribution in [-0.4, -0.2) is 37.5 Å². The number of thiophene rings is 1. The number of aromatic nitrogens is 3. The Morgan fingerprint density at radius 2 is 1.57 bits per heavy atom. The van der Waals surface area contributed by atoms with E-state index >= 15 is 0 Å². The number of benzene rings is 3. The van der Waals surface area contributed by atoms with E-state index in [1.807, 2.05) is 78.9 Å². The lowest BCUT2D eigenvalue weighted by Crippen LogP contribution is -2.30. The largest absolute Gasteiger partial charge is 0.583 e. The van der Waals surface area contributed by atoms with Gasteiger partial charge in [-0.2, -0.15) is 0 Å². The van der Waals surface area contributed by atoms with Gasteiger partial charge in [0, 0.05) is 23.1 Å². The van der Waals surface area contributed by atoms with Crippen molar-refractivity contribution >= 4 is 39.0 Å². The molecule has 0 aliphatic rings. The summed E-state index contributed by atoms with van der Waals surface area (Å²) in [5, 5.41) is 8.73. The van der Waals surface area contributed by atoms with Gasteiger partial charge in [0.05, 0.1) is 37.6 Å². The molecule has 210 valence electrons. The number of fused-ring (bicyclic) bond motifs is 1. The van der Waals surface area contributed by atoms with Crippen molar-refractivity contribution in [2.45, 2.75) is 0 Å². The third-order valence-electron chi connectivity index (χ3n) is 6.63. The highest BCUT2D eigenvalue weighted by Gasteiger charge is 2.22. The fourth-order valence-electron chi connectivity index (χ4n) is 4.64. The zero-order valence-corrected chi connectivity index (χ0v) is 23.7. The number of ether oxygens (including phenoxy) is 3. The quantitative estimate of drug-likeness (QED) is 0.207. The molecular weight excluding hydrogens is 554 g/mol. The van der Waals surface area contributed by atoms with E-state index in [1.54, 1.807) is 21.3 Å². The lowest BCUT2D eigenvalue weighted by Gasteiger charge is -2.16. The first-order valence-corrected chi connectivity index (χ1v) is 13.6. The Labute approximate surface area is 244 Å². The molecule has 0 spiro atoms. The normalized spacial score (nSPS) is 10.9. The molecule has 1 amide bonds. The van der Waals surface area contributed by atoms with E-state index in [2.05, 4.69) is 10.6 Å². The summed E-state index contributed by atoms with van der Waals surface area (Å²) >= 11 is 1.16. The summed E-state index contributed by atoms with van der Waals surface area (Å²) in [5.41, 5.74) is 10.8. The van der Waals surface area contributed by atoms with Gasteiger partial charge >= 0.3 is 0 Å². The molecule has 6 rings (SSSR count). The van der Waals surface area contributed by atoms with Gasteiger partial charge in [0.25, 0.3) is 0 Å². The van der Waals surface area contributed by atoms with Crippen LogP contribution in [0.2, 0.25) is 0 Å². The first-order valence-electron chi connectivity index (χ1n) is 12.8. The van der Waals surface area contributed by atoms with E-state index in [4.69, 9.17) is 29.5 Å². The molecule has 3 aromatic heterocycles. The Balaban J connectivity index is 1.47. The molecule has 0 saturated carbocycles. The first-order chi connectivity index (χ1) is 20.5. The highest BCUT2D eigenvalue weighted by atomic mass is 32.1. The second kappa shape index (κ2) is 11.2. The predicted molar refractivity (Wildman–Crippen MR) is 160 cm³/mol. The van der Waals surface area contributed by atoms with Crippen molar-refractivity contribution in [2.24, 2.45) is 0 Å². The molecule has 10 nitrogen and oxygen atoms in total. The van der Waals surface area contributed by atoms with Gasteiger partial charge in [0.1, 0.15) is 16.6 Å². The summed E-state index contributed by atoms with van der Waals surface area (Å²) in [5.74, 6) is 0.906. The molecule has 11 heteroatoms. The van der Waals surface area contributed by atoms with Crippen LogP contribution < -0.4 is 24.6 Å². The second-order valence-corrected chi connectivity index (χ2v) is 10.1. The van der Waals surface area contributed by atoms with E-state index in [1.165, 1.54) is 10.9 Å². The van der Waals surface area contributed by atoms with E-state index in [-0.39, 0.29) is 16.4 Å². The van der Waals surface area contributed by atoms with Crippen molar-refractivity contribution in [2.75, 3.05) is 27.1 Å². The maximum atomic E-state index is 13.4. The number of hydrogen-bond acceptors (Lipinski definition) is 9. The fourth-order valence-corrected chi connectivity index (χ4v) is 5.65. The number of nitrogens with two attached hydrogens (primary N) is 1. The number of nitrogen functional groups attached to an aromatic ring is 1. The molecule has 0 radical (unpaired) electrons. The third kappa shape index (κ3) is 4.86. The zero-order valence-electron chi connectivity index (χ0n) is 22.9. The molecule has 2 N–H and O–H groups in total. The highest BCUT2D eigenvalue weighted by molar-refractivity contribution is 7.21. The van der Waals surface area contributed by atoms with E-state index < -0.39 is 5.91 Å². The van der Waals surface area contributed by atoms with Crippen LogP contribution in [0.3, 0.4) is 0 Å². The molecule has 0 aliphatic heterocycles. The third-order valence-corrected chi connectivity index (χ3v) is 7.71. The van der Waals surface area contributed by atoms with Gasteiger partial charge in [-0.3, -0.25) is 0 Å². The molecule has 0 fully saturated rings. The average molecular weight is 580 g/mol. The Morgan fingerprint density at radius 1 is 0.905 bits per heavy atom.